The summed E-state index contributed by atoms with van der Waals surface area (Å²) in [5.41, 5.74) is 3.03. The van der Waals surface area contributed by atoms with Gasteiger partial charge in [-0.05, 0) is 24.1 Å². The lowest BCUT2D eigenvalue weighted by molar-refractivity contribution is 0.185. The van der Waals surface area contributed by atoms with Crippen molar-refractivity contribution in [1.29, 1.82) is 0 Å². The summed E-state index contributed by atoms with van der Waals surface area (Å²) in [5.74, 6) is 0.418. The first-order valence-electron chi connectivity index (χ1n) is 8.69. The van der Waals surface area contributed by atoms with Crippen LogP contribution in [0.3, 0.4) is 0 Å². The van der Waals surface area contributed by atoms with Crippen molar-refractivity contribution in [3.8, 4) is 0 Å². The summed E-state index contributed by atoms with van der Waals surface area (Å²) in [6, 6.07) is 18.0. The van der Waals surface area contributed by atoms with Gasteiger partial charge in [-0.15, -0.1) is 0 Å². The van der Waals surface area contributed by atoms with Crippen molar-refractivity contribution in [3.63, 3.8) is 0 Å². The van der Waals surface area contributed by atoms with E-state index in [0.29, 0.717) is 12.5 Å². The van der Waals surface area contributed by atoms with Gasteiger partial charge in [-0.25, -0.2) is 4.79 Å². The minimum Gasteiger partial charge on any atom is -0.381 e. The molecule has 0 bridgehead atoms. The van der Waals surface area contributed by atoms with E-state index < -0.39 is 0 Å². The fourth-order valence-corrected chi connectivity index (χ4v) is 3.00. The zero-order valence-corrected chi connectivity index (χ0v) is 14.6. The zero-order chi connectivity index (χ0) is 17.5. The Morgan fingerprint density at radius 3 is 2.68 bits per heavy atom. The van der Waals surface area contributed by atoms with Crippen LogP contribution in [0.15, 0.2) is 54.6 Å². The Bertz CT molecular complexity index is 684. The average Bonchev–Trinajstić information content (AvgIpc) is 3.15. The number of nitrogens with one attached hydrogen (secondary N) is 2. The molecule has 2 N–H and O–H groups in total. The molecule has 5 nitrogen and oxygen atoms in total. The number of benzene rings is 2. The number of rotatable bonds is 6. The van der Waals surface area contributed by atoms with Crippen molar-refractivity contribution in [2.24, 2.45) is 5.92 Å². The van der Waals surface area contributed by atoms with Crippen LogP contribution in [0.2, 0.25) is 0 Å². The van der Waals surface area contributed by atoms with Crippen LogP contribution in [0, 0.1) is 5.92 Å². The van der Waals surface area contributed by atoms with Gasteiger partial charge < -0.3 is 20.3 Å². The number of carbonyl (C=O) groups is 1. The third kappa shape index (κ3) is 4.97. The van der Waals surface area contributed by atoms with Gasteiger partial charge in [0.15, 0.2) is 0 Å². The fourth-order valence-electron chi connectivity index (χ4n) is 3.00. The quantitative estimate of drug-likeness (QED) is 0.847. The van der Waals surface area contributed by atoms with E-state index in [4.69, 9.17) is 4.74 Å². The molecule has 2 aromatic rings. The highest BCUT2D eigenvalue weighted by Gasteiger charge is 2.17. The van der Waals surface area contributed by atoms with Gasteiger partial charge in [0.1, 0.15) is 0 Å². The molecule has 1 aliphatic rings. The first kappa shape index (κ1) is 17.3. The Labute approximate surface area is 149 Å². The molecule has 1 atom stereocenters. The molecule has 0 radical (unpaired) electrons. The molecule has 0 spiro atoms. The number of nitrogens with zero attached hydrogens (tertiary/aromatic N) is 1. The highest BCUT2D eigenvalue weighted by molar-refractivity contribution is 5.93. The van der Waals surface area contributed by atoms with Crippen LogP contribution in [-0.2, 0) is 11.3 Å². The summed E-state index contributed by atoms with van der Waals surface area (Å²) >= 11 is 0. The van der Waals surface area contributed by atoms with Crippen LogP contribution in [0.5, 0.6) is 0 Å². The average molecular weight is 339 g/mol. The number of carbonyl (C=O) groups excluding carboxylic acids is 1. The maximum absolute atomic E-state index is 12.2. The number of urea groups is 1. The van der Waals surface area contributed by atoms with Crippen molar-refractivity contribution >= 4 is 17.4 Å². The molecule has 1 heterocycles. The Morgan fingerprint density at radius 1 is 1.16 bits per heavy atom. The number of hydrogen-bond acceptors (Lipinski definition) is 3. The van der Waals surface area contributed by atoms with Crippen LogP contribution in [0.25, 0.3) is 0 Å². The lowest BCUT2D eigenvalue weighted by Crippen LogP contribution is -2.33. The largest absolute Gasteiger partial charge is 0.381 e. The summed E-state index contributed by atoms with van der Waals surface area (Å²) in [4.78, 5) is 14.4. The molecule has 5 heteroatoms. The summed E-state index contributed by atoms with van der Waals surface area (Å²) in [6.45, 7) is 2.95. The maximum Gasteiger partial charge on any atom is 0.319 e. The minimum absolute atomic E-state index is 0.174. The van der Waals surface area contributed by atoms with Crippen LogP contribution in [0.1, 0.15) is 12.0 Å². The van der Waals surface area contributed by atoms with E-state index in [2.05, 4.69) is 27.7 Å². The van der Waals surface area contributed by atoms with Gasteiger partial charge in [0.2, 0.25) is 0 Å². The van der Waals surface area contributed by atoms with Crippen LogP contribution >= 0.6 is 0 Å². The topological polar surface area (TPSA) is 53.6 Å². The molecule has 1 aliphatic heterocycles. The molecule has 25 heavy (non-hydrogen) atoms. The molecule has 0 aromatic heterocycles. The molecule has 1 unspecified atom stereocenters. The van der Waals surface area contributed by atoms with E-state index in [0.717, 1.165) is 37.6 Å². The first-order chi connectivity index (χ1) is 12.2. The van der Waals surface area contributed by atoms with Crippen molar-refractivity contribution in [3.05, 3.63) is 60.2 Å². The Kier molecular flexibility index (Phi) is 5.90. The second-order valence-electron chi connectivity index (χ2n) is 6.42. The third-order valence-electron chi connectivity index (χ3n) is 4.40. The smallest absolute Gasteiger partial charge is 0.319 e. The second kappa shape index (κ2) is 8.53. The van der Waals surface area contributed by atoms with Crippen LogP contribution in [-0.4, -0.2) is 32.8 Å². The first-order valence-corrected chi connectivity index (χ1v) is 8.69. The van der Waals surface area contributed by atoms with Crippen LogP contribution < -0.4 is 15.5 Å². The molecule has 0 aliphatic carbocycles. The number of para-hydroxylation sites is 2. The molecular formula is C20H25N3O2. The number of amides is 2. The predicted molar refractivity (Wildman–Crippen MR) is 101 cm³/mol. The number of hydrogen-bond donors (Lipinski definition) is 2. The molecular weight excluding hydrogens is 314 g/mol. The van der Waals surface area contributed by atoms with E-state index in [9.17, 15) is 4.79 Å². The van der Waals surface area contributed by atoms with Crippen molar-refractivity contribution in [2.75, 3.05) is 37.0 Å². The van der Waals surface area contributed by atoms with E-state index in [1.807, 2.05) is 49.5 Å². The fraction of sp³-hybridized carbons (Fsp3) is 0.350. The Balaban J connectivity index is 1.60. The van der Waals surface area contributed by atoms with Crippen molar-refractivity contribution in [1.82, 2.24) is 5.32 Å². The van der Waals surface area contributed by atoms with E-state index in [1.165, 1.54) is 5.56 Å². The van der Waals surface area contributed by atoms with Crippen molar-refractivity contribution in [2.45, 2.75) is 13.0 Å². The molecule has 132 valence electrons. The van der Waals surface area contributed by atoms with Gasteiger partial charge in [0.25, 0.3) is 0 Å². The lowest BCUT2D eigenvalue weighted by atomic mass is 10.1. The van der Waals surface area contributed by atoms with Crippen LogP contribution in [0.4, 0.5) is 16.2 Å². The molecule has 0 saturated carbocycles. The zero-order valence-electron chi connectivity index (χ0n) is 14.6. The number of anilines is 2. The molecule has 2 aromatic carbocycles. The predicted octanol–water partition coefficient (Wildman–Crippen LogP) is 3.48. The van der Waals surface area contributed by atoms with Gasteiger partial charge in [-0.3, -0.25) is 0 Å². The van der Waals surface area contributed by atoms with Gasteiger partial charge in [0.05, 0.1) is 18.0 Å². The van der Waals surface area contributed by atoms with Gasteiger partial charge in [0, 0.05) is 32.7 Å². The molecule has 1 fully saturated rings. The van der Waals surface area contributed by atoms with Gasteiger partial charge in [-0.2, -0.15) is 0 Å². The summed E-state index contributed by atoms with van der Waals surface area (Å²) in [7, 11) is 2.03. The number of ether oxygens (including phenoxy) is 1. The summed E-state index contributed by atoms with van der Waals surface area (Å²) < 4.78 is 5.34. The van der Waals surface area contributed by atoms with E-state index in [-0.39, 0.29) is 6.03 Å². The monoisotopic (exact) mass is 339 g/mol. The highest BCUT2D eigenvalue weighted by Crippen LogP contribution is 2.25. The third-order valence-corrected chi connectivity index (χ3v) is 4.40. The van der Waals surface area contributed by atoms with E-state index >= 15 is 0 Å². The summed E-state index contributed by atoms with van der Waals surface area (Å²) in [5, 5.41) is 5.91. The maximum atomic E-state index is 12.2. The SMILES string of the molecule is CN(Cc1ccccc1)c1ccccc1NC(=O)NCC1CCOC1. The normalized spacial score (nSPS) is 16.4. The standard InChI is InChI=1S/C20H25N3O2/c1-23(14-16-7-3-2-4-8-16)19-10-6-5-9-18(19)22-20(24)21-13-17-11-12-25-15-17/h2-10,17H,11-15H2,1H3,(H2,21,22,24). The molecule has 1 saturated heterocycles. The van der Waals surface area contributed by atoms with Gasteiger partial charge in [-0.1, -0.05) is 42.5 Å². The van der Waals surface area contributed by atoms with Gasteiger partial charge >= 0.3 is 6.03 Å². The van der Waals surface area contributed by atoms with E-state index in [1.54, 1.807) is 0 Å². The van der Waals surface area contributed by atoms with Crippen molar-refractivity contribution < 1.29 is 9.53 Å². The Morgan fingerprint density at radius 2 is 1.92 bits per heavy atom. The lowest BCUT2D eigenvalue weighted by Gasteiger charge is -2.23. The minimum atomic E-state index is -0.174. The Hall–Kier alpha value is -2.53. The second-order valence-corrected chi connectivity index (χ2v) is 6.42. The highest BCUT2D eigenvalue weighted by atomic mass is 16.5. The summed E-state index contributed by atoms with van der Waals surface area (Å²) in [6.07, 6.45) is 1.01. The molecule has 2 amide bonds. The molecule has 3 rings (SSSR count).